The van der Waals surface area contributed by atoms with Crippen LogP contribution in [0.1, 0.15) is 57.1 Å². The molecule has 0 aliphatic heterocycles. The van der Waals surface area contributed by atoms with Crippen molar-refractivity contribution in [3.05, 3.63) is 23.3 Å². The van der Waals surface area contributed by atoms with E-state index in [9.17, 15) is 9.00 Å². The van der Waals surface area contributed by atoms with Crippen LogP contribution in [0.25, 0.3) is 0 Å². The van der Waals surface area contributed by atoms with Gasteiger partial charge in [-0.1, -0.05) is 26.7 Å². The molecule has 0 bridgehead atoms. The van der Waals surface area contributed by atoms with E-state index >= 15 is 0 Å². The first-order chi connectivity index (χ1) is 15.6. The Morgan fingerprint density at radius 1 is 1.09 bits per heavy atom. The molecule has 1 atom stereocenters. The molecular weight excluding hydrogens is 436 g/mol. The standard InChI is InChI=1S/C26H44N2O4S/c1-19(2)23-10-8-22(9-11-23)12-13-27(5)25(29)18-32-15-14-28(6)33(30)26-20(3)16-24(31-7)17-21(26)4/h16-17,19,22-23H,8-15,18H2,1-7H3. The third-order valence-electron chi connectivity index (χ3n) is 7.04. The molecule has 188 valence electrons. The first-order valence-corrected chi connectivity index (χ1v) is 13.3. The lowest BCUT2D eigenvalue weighted by molar-refractivity contribution is -0.135. The van der Waals surface area contributed by atoms with Gasteiger partial charge in [-0.05, 0) is 74.1 Å². The predicted octanol–water partition coefficient (Wildman–Crippen LogP) is 4.59. The van der Waals surface area contributed by atoms with Gasteiger partial charge in [0.2, 0.25) is 5.91 Å². The van der Waals surface area contributed by atoms with E-state index in [1.165, 1.54) is 25.7 Å². The van der Waals surface area contributed by atoms with Crippen LogP contribution in [0.3, 0.4) is 0 Å². The van der Waals surface area contributed by atoms with Gasteiger partial charge >= 0.3 is 0 Å². The van der Waals surface area contributed by atoms with Crippen molar-refractivity contribution < 1.29 is 18.5 Å². The van der Waals surface area contributed by atoms with Crippen LogP contribution in [0.5, 0.6) is 5.75 Å². The topological polar surface area (TPSA) is 59.1 Å². The van der Waals surface area contributed by atoms with Gasteiger partial charge in [-0.3, -0.25) is 4.79 Å². The van der Waals surface area contributed by atoms with E-state index in [1.54, 1.807) is 16.3 Å². The zero-order valence-electron chi connectivity index (χ0n) is 21.7. The van der Waals surface area contributed by atoms with Gasteiger partial charge < -0.3 is 14.4 Å². The van der Waals surface area contributed by atoms with Gasteiger partial charge in [0.05, 0.1) is 18.6 Å². The number of amides is 1. The summed E-state index contributed by atoms with van der Waals surface area (Å²) in [6.45, 7) is 10.2. The molecule has 1 aromatic rings. The fourth-order valence-corrected chi connectivity index (χ4v) is 5.87. The Hall–Kier alpha value is -1.44. The summed E-state index contributed by atoms with van der Waals surface area (Å²) in [4.78, 5) is 15.0. The number of hydrogen-bond donors (Lipinski definition) is 0. The van der Waals surface area contributed by atoms with Gasteiger partial charge in [0, 0.05) is 27.2 Å². The summed E-state index contributed by atoms with van der Waals surface area (Å²) in [6.07, 6.45) is 6.31. The third-order valence-corrected chi connectivity index (χ3v) is 8.78. The molecular formula is C26H44N2O4S. The molecule has 0 saturated heterocycles. The summed E-state index contributed by atoms with van der Waals surface area (Å²) in [7, 11) is 4.01. The molecule has 0 spiro atoms. The maximum Gasteiger partial charge on any atom is 0.248 e. The lowest BCUT2D eigenvalue weighted by Gasteiger charge is -2.31. The minimum absolute atomic E-state index is 0.0106. The molecule has 1 fully saturated rings. The number of benzene rings is 1. The largest absolute Gasteiger partial charge is 0.497 e. The first kappa shape index (κ1) is 27.8. The average molecular weight is 481 g/mol. The Balaban J connectivity index is 1.68. The number of carbonyl (C=O) groups excluding carboxylic acids is 1. The van der Waals surface area contributed by atoms with E-state index < -0.39 is 11.0 Å². The minimum Gasteiger partial charge on any atom is -0.497 e. The van der Waals surface area contributed by atoms with Gasteiger partial charge in [-0.2, -0.15) is 0 Å². The first-order valence-electron chi connectivity index (χ1n) is 12.2. The molecule has 7 heteroatoms. The molecule has 0 N–H and O–H groups in total. The van der Waals surface area contributed by atoms with E-state index in [1.807, 2.05) is 40.1 Å². The number of methoxy groups -OCH3 is 1. The van der Waals surface area contributed by atoms with Crippen molar-refractivity contribution in [3.63, 3.8) is 0 Å². The molecule has 1 aliphatic rings. The Labute approximate surface area is 203 Å². The van der Waals surface area contributed by atoms with Crippen LogP contribution < -0.4 is 4.74 Å². The number of ether oxygens (including phenoxy) is 2. The Bertz CT molecular complexity index is 767. The molecule has 1 aromatic carbocycles. The van der Waals surface area contributed by atoms with Crippen LogP contribution in [0, 0.1) is 31.6 Å². The van der Waals surface area contributed by atoms with Crippen molar-refractivity contribution >= 4 is 16.9 Å². The van der Waals surface area contributed by atoms with Crippen LogP contribution >= 0.6 is 0 Å². The molecule has 1 aliphatic carbocycles. The van der Waals surface area contributed by atoms with Crippen molar-refractivity contribution in [2.45, 2.75) is 64.7 Å². The highest BCUT2D eigenvalue weighted by Gasteiger charge is 2.24. The van der Waals surface area contributed by atoms with Gasteiger partial charge in [0.15, 0.2) is 0 Å². The molecule has 33 heavy (non-hydrogen) atoms. The van der Waals surface area contributed by atoms with Crippen molar-refractivity contribution in [2.75, 3.05) is 47.5 Å². The monoisotopic (exact) mass is 480 g/mol. The summed E-state index contributed by atoms with van der Waals surface area (Å²) in [5.41, 5.74) is 1.87. The highest BCUT2D eigenvalue weighted by molar-refractivity contribution is 7.82. The normalized spacial score (nSPS) is 19.7. The number of carbonyl (C=O) groups is 1. The number of likely N-dealkylation sites (N-methyl/N-ethyl adjacent to an activating group) is 2. The van der Waals surface area contributed by atoms with Crippen LogP contribution in [0.15, 0.2) is 17.0 Å². The second kappa shape index (κ2) is 13.4. The summed E-state index contributed by atoms with van der Waals surface area (Å²) in [5.74, 6) is 3.18. The fourth-order valence-electron chi connectivity index (χ4n) is 4.65. The van der Waals surface area contributed by atoms with E-state index in [-0.39, 0.29) is 12.5 Å². The molecule has 0 aromatic heterocycles. The number of nitrogens with zero attached hydrogens (tertiary/aromatic N) is 2. The average Bonchev–Trinajstić information content (AvgIpc) is 2.79. The van der Waals surface area contributed by atoms with E-state index in [4.69, 9.17) is 9.47 Å². The molecule has 1 unspecified atom stereocenters. The van der Waals surface area contributed by atoms with Gasteiger partial charge in [0.1, 0.15) is 23.3 Å². The second-order valence-corrected chi connectivity index (χ2v) is 11.4. The lowest BCUT2D eigenvalue weighted by atomic mass is 9.76. The Kier molecular flexibility index (Phi) is 11.3. The zero-order valence-corrected chi connectivity index (χ0v) is 22.5. The van der Waals surface area contributed by atoms with Gasteiger partial charge in [-0.15, -0.1) is 0 Å². The second-order valence-electron chi connectivity index (χ2n) is 9.87. The SMILES string of the molecule is COc1cc(C)c(S(=O)N(C)CCOCC(=O)N(C)CCC2CCC(C(C)C)CC2)c(C)c1. The van der Waals surface area contributed by atoms with Crippen LogP contribution in [0.4, 0.5) is 0 Å². The molecule has 0 heterocycles. The van der Waals surface area contributed by atoms with Crippen LogP contribution in [-0.2, 0) is 20.5 Å². The molecule has 1 amide bonds. The third kappa shape index (κ3) is 8.37. The van der Waals surface area contributed by atoms with E-state index in [0.29, 0.717) is 13.2 Å². The summed E-state index contributed by atoms with van der Waals surface area (Å²) in [6, 6.07) is 3.80. The van der Waals surface area contributed by atoms with E-state index in [0.717, 1.165) is 52.5 Å². The summed E-state index contributed by atoms with van der Waals surface area (Å²) < 4.78 is 25.6. The maximum atomic E-state index is 13.0. The highest BCUT2D eigenvalue weighted by Crippen LogP contribution is 2.34. The number of aryl methyl sites for hydroxylation is 2. The maximum absolute atomic E-state index is 13.0. The lowest BCUT2D eigenvalue weighted by Crippen LogP contribution is -2.34. The predicted molar refractivity (Wildman–Crippen MR) is 135 cm³/mol. The fraction of sp³-hybridized carbons (Fsp3) is 0.731. The van der Waals surface area contributed by atoms with Crippen molar-refractivity contribution in [1.29, 1.82) is 0 Å². The van der Waals surface area contributed by atoms with Crippen molar-refractivity contribution in [2.24, 2.45) is 17.8 Å². The smallest absolute Gasteiger partial charge is 0.248 e. The quantitative estimate of drug-likeness (QED) is 0.411. The Morgan fingerprint density at radius 2 is 1.70 bits per heavy atom. The van der Waals surface area contributed by atoms with E-state index in [2.05, 4.69) is 13.8 Å². The zero-order chi connectivity index (χ0) is 24.5. The van der Waals surface area contributed by atoms with Gasteiger partial charge in [0.25, 0.3) is 0 Å². The summed E-state index contributed by atoms with van der Waals surface area (Å²) in [5, 5.41) is 0. The molecule has 1 saturated carbocycles. The minimum atomic E-state index is -1.29. The molecule has 0 radical (unpaired) electrons. The van der Waals surface area contributed by atoms with Crippen molar-refractivity contribution in [3.8, 4) is 5.75 Å². The number of rotatable bonds is 12. The number of hydrogen-bond acceptors (Lipinski definition) is 4. The summed E-state index contributed by atoms with van der Waals surface area (Å²) >= 11 is 0. The molecule has 6 nitrogen and oxygen atoms in total. The highest BCUT2D eigenvalue weighted by atomic mass is 32.2. The molecule has 2 rings (SSSR count). The Morgan fingerprint density at radius 3 is 2.24 bits per heavy atom. The van der Waals surface area contributed by atoms with Crippen molar-refractivity contribution in [1.82, 2.24) is 9.21 Å². The van der Waals surface area contributed by atoms with Crippen LogP contribution in [0.2, 0.25) is 0 Å². The van der Waals surface area contributed by atoms with Gasteiger partial charge in [-0.25, -0.2) is 8.51 Å². The van der Waals surface area contributed by atoms with Crippen LogP contribution in [-0.4, -0.2) is 66.8 Å².